The van der Waals surface area contributed by atoms with Crippen LogP contribution < -0.4 is 0 Å². The van der Waals surface area contributed by atoms with E-state index in [1.807, 2.05) is 60.3 Å². The molecule has 1 heterocycles. The molecule has 0 spiro atoms. The van der Waals surface area contributed by atoms with Gasteiger partial charge in [-0.1, -0.05) is 18.2 Å². The van der Waals surface area contributed by atoms with Crippen LogP contribution in [0, 0.1) is 6.92 Å². The SMILES string of the molecule is Cc1ccccc1N=Cc1cccn1-c1ccc(C(=O)O)cc1. The molecule has 0 atom stereocenters. The van der Waals surface area contributed by atoms with Crippen LogP contribution in [0.15, 0.2) is 71.9 Å². The Labute approximate surface area is 134 Å². The first-order chi connectivity index (χ1) is 11.1. The van der Waals surface area contributed by atoms with Crippen molar-refractivity contribution in [3.05, 3.63) is 83.7 Å². The maximum absolute atomic E-state index is 10.9. The van der Waals surface area contributed by atoms with Crippen molar-refractivity contribution in [3.63, 3.8) is 0 Å². The number of aliphatic imine (C=N–C) groups is 1. The standard InChI is InChI=1S/C19H16N2O2/c1-14-5-2-3-7-18(14)20-13-17-6-4-12-21(17)16-10-8-15(9-11-16)19(22)23/h2-13H,1H3,(H,22,23). The zero-order valence-corrected chi connectivity index (χ0v) is 12.7. The molecule has 0 radical (unpaired) electrons. The van der Waals surface area contributed by atoms with E-state index < -0.39 is 5.97 Å². The van der Waals surface area contributed by atoms with Gasteiger partial charge in [-0.05, 0) is 55.0 Å². The Morgan fingerprint density at radius 1 is 1.04 bits per heavy atom. The van der Waals surface area contributed by atoms with Crippen LogP contribution in [0.25, 0.3) is 5.69 Å². The van der Waals surface area contributed by atoms with E-state index in [2.05, 4.69) is 4.99 Å². The number of hydrogen-bond acceptors (Lipinski definition) is 2. The molecule has 23 heavy (non-hydrogen) atoms. The van der Waals surface area contributed by atoms with Crippen LogP contribution in [0.3, 0.4) is 0 Å². The number of rotatable bonds is 4. The molecule has 0 saturated heterocycles. The molecule has 3 aromatic rings. The largest absolute Gasteiger partial charge is 0.478 e. The van der Waals surface area contributed by atoms with Gasteiger partial charge in [-0.15, -0.1) is 0 Å². The van der Waals surface area contributed by atoms with Crippen LogP contribution in [0.5, 0.6) is 0 Å². The lowest BCUT2D eigenvalue weighted by atomic mass is 10.2. The van der Waals surface area contributed by atoms with Crippen molar-refractivity contribution in [2.24, 2.45) is 4.99 Å². The third-order valence-corrected chi connectivity index (χ3v) is 3.62. The Bertz CT molecular complexity index is 861. The molecule has 0 fully saturated rings. The van der Waals surface area contributed by atoms with Gasteiger partial charge in [0.1, 0.15) is 0 Å². The second kappa shape index (κ2) is 6.32. The van der Waals surface area contributed by atoms with Crippen molar-refractivity contribution in [2.75, 3.05) is 0 Å². The number of benzene rings is 2. The lowest BCUT2D eigenvalue weighted by Gasteiger charge is -2.07. The van der Waals surface area contributed by atoms with Crippen molar-refractivity contribution >= 4 is 17.9 Å². The van der Waals surface area contributed by atoms with E-state index in [0.717, 1.165) is 22.6 Å². The number of para-hydroxylation sites is 1. The highest BCUT2D eigenvalue weighted by Gasteiger charge is 2.05. The van der Waals surface area contributed by atoms with E-state index in [9.17, 15) is 4.79 Å². The van der Waals surface area contributed by atoms with Crippen LogP contribution in [0.4, 0.5) is 5.69 Å². The molecule has 0 unspecified atom stereocenters. The molecule has 0 saturated carbocycles. The van der Waals surface area contributed by atoms with E-state index in [1.165, 1.54) is 0 Å². The minimum atomic E-state index is -0.926. The van der Waals surface area contributed by atoms with Crippen LogP contribution in [-0.2, 0) is 0 Å². The molecule has 0 aliphatic rings. The third kappa shape index (κ3) is 3.21. The van der Waals surface area contributed by atoms with Crippen molar-refractivity contribution in [2.45, 2.75) is 6.92 Å². The highest BCUT2D eigenvalue weighted by atomic mass is 16.4. The van der Waals surface area contributed by atoms with E-state index in [0.29, 0.717) is 0 Å². The summed E-state index contributed by atoms with van der Waals surface area (Å²) in [5.74, 6) is -0.926. The van der Waals surface area contributed by atoms with E-state index in [1.54, 1.807) is 24.3 Å². The van der Waals surface area contributed by atoms with Crippen LogP contribution in [-0.4, -0.2) is 21.9 Å². The number of carboxylic acid groups (broad SMARTS) is 1. The first kappa shape index (κ1) is 14.8. The van der Waals surface area contributed by atoms with Crippen LogP contribution in [0.1, 0.15) is 21.6 Å². The summed E-state index contributed by atoms with van der Waals surface area (Å²) in [4.78, 5) is 15.5. The van der Waals surface area contributed by atoms with Crippen molar-refractivity contribution in [1.82, 2.24) is 4.57 Å². The van der Waals surface area contributed by atoms with Gasteiger partial charge in [-0.25, -0.2) is 4.79 Å². The van der Waals surface area contributed by atoms with Gasteiger partial charge in [0.2, 0.25) is 0 Å². The molecule has 3 rings (SSSR count). The molecule has 114 valence electrons. The predicted molar refractivity (Wildman–Crippen MR) is 91.2 cm³/mol. The Morgan fingerprint density at radius 3 is 2.48 bits per heavy atom. The summed E-state index contributed by atoms with van der Waals surface area (Å²) >= 11 is 0. The van der Waals surface area contributed by atoms with Gasteiger partial charge < -0.3 is 9.67 Å². The molecular formula is C19H16N2O2. The van der Waals surface area contributed by atoms with Gasteiger partial charge in [0.25, 0.3) is 0 Å². The summed E-state index contributed by atoms with van der Waals surface area (Å²) in [5.41, 5.74) is 4.15. The summed E-state index contributed by atoms with van der Waals surface area (Å²) in [7, 11) is 0. The first-order valence-corrected chi connectivity index (χ1v) is 7.26. The highest BCUT2D eigenvalue weighted by molar-refractivity contribution is 5.88. The molecule has 1 N–H and O–H groups in total. The lowest BCUT2D eigenvalue weighted by molar-refractivity contribution is 0.0697. The van der Waals surface area contributed by atoms with Gasteiger partial charge in [0.05, 0.1) is 23.2 Å². The molecule has 0 aliphatic heterocycles. The van der Waals surface area contributed by atoms with Gasteiger partial charge in [-0.2, -0.15) is 0 Å². The van der Waals surface area contributed by atoms with Gasteiger partial charge >= 0.3 is 5.97 Å². The maximum atomic E-state index is 10.9. The van der Waals surface area contributed by atoms with Crippen molar-refractivity contribution in [1.29, 1.82) is 0 Å². The molecule has 0 aliphatic carbocycles. The normalized spacial score (nSPS) is 11.0. The van der Waals surface area contributed by atoms with E-state index in [4.69, 9.17) is 5.11 Å². The monoisotopic (exact) mass is 304 g/mol. The predicted octanol–water partition coefficient (Wildman–Crippen LogP) is 4.23. The van der Waals surface area contributed by atoms with Crippen molar-refractivity contribution in [3.8, 4) is 5.69 Å². The number of aromatic nitrogens is 1. The fourth-order valence-electron chi connectivity index (χ4n) is 2.34. The van der Waals surface area contributed by atoms with Gasteiger partial charge in [0, 0.05) is 11.9 Å². The zero-order chi connectivity index (χ0) is 16.2. The maximum Gasteiger partial charge on any atom is 0.335 e. The Balaban J connectivity index is 1.90. The summed E-state index contributed by atoms with van der Waals surface area (Å²) in [6.45, 7) is 2.02. The van der Waals surface area contributed by atoms with Crippen molar-refractivity contribution < 1.29 is 9.90 Å². The minimum absolute atomic E-state index is 0.274. The molecular weight excluding hydrogens is 288 g/mol. The third-order valence-electron chi connectivity index (χ3n) is 3.62. The van der Waals surface area contributed by atoms with Gasteiger partial charge in [0.15, 0.2) is 0 Å². The molecule has 4 nitrogen and oxygen atoms in total. The number of carboxylic acids is 1. The average molecular weight is 304 g/mol. The Kier molecular flexibility index (Phi) is 4.06. The fraction of sp³-hybridized carbons (Fsp3) is 0.0526. The van der Waals surface area contributed by atoms with Crippen LogP contribution >= 0.6 is 0 Å². The second-order valence-corrected chi connectivity index (χ2v) is 5.20. The van der Waals surface area contributed by atoms with Gasteiger partial charge in [-0.3, -0.25) is 4.99 Å². The summed E-state index contributed by atoms with van der Waals surface area (Å²) < 4.78 is 1.97. The molecule has 0 bridgehead atoms. The zero-order valence-electron chi connectivity index (χ0n) is 12.7. The molecule has 2 aromatic carbocycles. The highest BCUT2D eigenvalue weighted by Crippen LogP contribution is 2.18. The summed E-state index contributed by atoms with van der Waals surface area (Å²) in [6, 6.07) is 18.6. The topological polar surface area (TPSA) is 54.6 Å². The smallest absolute Gasteiger partial charge is 0.335 e. The Hall–Kier alpha value is -3.14. The number of hydrogen-bond donors (Lipinski definition) is 1. The Morgan fingerprint density at radius 2 is 1.78 bits per heavy atom. The summed E-state index contributed by atoms with van der Waals surface area (Å²) in [5, 5.41) is 8.97. The summed E-state index contributed by atoms with van der Waals surface area (Å²) in [6.07, 6.45) is 3.74. The van der Waals surface area contributed by atoms with E-state index in [-0.39, 0.29) is 5.56 Å². The lowest BCUT2D eigenvalue weighted by Crippen LogP contribution is -2.00. The van der Waals surface area contributed by atoms with Crippen LogP contribution in [0.2, 0.25) is 0 Å². The number of carbonyl (C=O) groups is 1. The molecule has 4 heteroatoms. The molecule has 1 aromatic heterocycles. The quantitative estimate of drug-likeness (QED) is 0.733. The second-order valence-electron chi connectivity index (χ2n) is 5.20. The van der Waals surface area contributed by atoms with E-state index >= 15 is 0 Å². The fourth-order valence-corrected chi connectivity index (χ4v) is 2.34. The number of aryl methyl sites for hydroxylation is 1. The first-order valence-electron chi connectivity index (χ1n) is 7.26. The number of aromatic carboxylic acids is 1. The minimum Gasteiger partial charge on any atom is -0.478 e. The average Bonchev–Trinajstić information content (AvgIpc) is 3.02. The number of nitrogens with zero attached hydrogens (tertiary/aromatic N) is 2. The molecule has 0 amide bonds.